The Hall–Kier alpha value is -4.01. The molecular weight excluding hydrogens is 422 g/mol. The number of aliphatic carboxylic acids is 1. The summed E-state index contributed by atoms with van der Waals surface area (Å²) in [5, 5.41) is 10.8. The van der Waals surface area contributed by atoms with E-state index in [-0.39, 0.29) is 18.4 Å². The Morgan fingerprint density at radius 2 is 1.94 bits per heavy atom. The number of pyridine rings is 1. The number of carboxylic acid groups (broad SMARTS) is 1. The molecule has 1 amide bonds. The summed E-state index contributed by atoms with van der Waals surface area (Å²) in [7, 11) is 1.72. The molecule has 2 atom stereocenters. The van der Waals surface area contributed by atoms with Crippen LogP contribution in [-0.4, -0.2) is 62.5 Å². The molecule has 5 rings (SSSR count). The van der Waals surface area contributed by atoms with Gasteiger partial charge >= 0.3 is 5.97 Å². The van der Waals surface area contributed by atoms with E-state index in [9.17, 15) is 14.7 Å². The van der Waals surface area contributed by atoms with E-state index >= 15 is 0 Å². The Balaban J connectivity index is 1.49. The molecule has 4 aromatic rings. The molecule has 0 radical (unpaired) electrons. The second kappa shape index (κ2) is 8.16. The van der Waals surface area contributed by atoms with Crippen molar-refractivity contribution < 1.29 is 19.1 Å². The molecule has 3 aromatic heterocycles. The highest BCUT2D eigenvalue weighted by Crippen LogP contribution is 2.36. The maximum atomic E-state index is 12.9. The van der Waals surface area contributed by atoms with Gasteiger partial charge in [0, 0.05) is 37.8 Å². The zero-order valence-corrected chi connectivity index (χ0v) is 18.3. The van der Waals surface area contributed by atoms with Gasteiger partial charge in [-0.05, 0) is 36.8 Å². The number of benzene rings is 1. The van der Waals surface area contributed by atoms with Gasteiger partial charge in [-0.3, -0.25) is 9.78 Å². The van der Waals surface area contributed by atoms with Gasteiger partial charge in [0.05, 0.1) is 12.5 Å². The highest BCUT2D eigenvalue weighted by atomic mass is 16.4. The first-order valence-corrected chi connectivity index (χ1v) is 10.7. The number of fused-ring (bicyclic) bond motifs is 3. The van der Waals surface area contributed by atoms with E-state index in [1.54, 1.807) is 48.3 Å². The van der Waals surface area contributed by atoms with Crippen molar-refractivity contribution >= 4 is 39.8 Å². The van der Waals surface area contributed by atoms with Crippen molar-refractivity contribution in [3.05, 3.63) is 60.2 Å². The van der Waals surface area contributed by atoms with Gasteiger partial charge in [-0.1, -0.05) is 12.1 Å². The molecule has 9 nitrogen and oxygen atoms in total. The van der Waals surface area contributed by atoms with E-state index in [4.69, 9.17) is 4.42 Å². The van der Waals surface area contributed by atoms with Gasteiger partial charge in [0.1, 0.15) is 23.0 Å². The maximum absolute atomic E-state index is 12.9. The largest absolute Gasteiger partial charge is 0.480 e. The fourth-order valence-electron chi connectivity index (χ4n) is 4.45. The Bertz CT molecular complexity index is 1350. The molecule has 1 saturated heterocycles. The third-order valence-corrected chi connectivity index (χ3v) is 6.20. The minimum Gasteiger partial charge on any atom is -0.480 e. The SMILES string of the molecule is Cc1nc(N2CC(N(C)C(=O)Cc3ccncc3)CC2C(=O)O)c2oc3ccccc3c2n1. The summed E-state index contributed by atoms with van der Waals surface area (Å²) in [4.78, 5) is 41.5. The molecule has 0 spiro atoms. The number of anilines is 1. The lowest BCUT2D eigenvalue weighted by molar-refractivity contribution is -0.139. The molecule has 9 heteroatoms. The highest BCUT2D eigenvalue weighted by molar-refractivity contribution is 6.06. The normalized spacial score (nSPS) is 18.2. The van der Waals surface area contributed by atoms with Crippen molar-refractivity contribution in [1.29, 1.82) is 0 Å². The summed E-state index contributed by atoms with van der Waals surface area (Å²) >= 11 is 0. The van der Waals surface area contributed by atoms with Crippen LogP contribution in [0.3, 0.4) is 0 Å². The summed E-state index contributed by atoms with van der Waals surface area (Å²) < 4.78 is 6.06. The third-order valence-electron chi connectivity index (χ3n) is 6.20. The average molecular weight is 445 g/mol. The molecule has 1 aliphatic rings. The van der Waals surface area contributed by atoms with E-state index in [0.717, 1.165) is 10.9 Å². The molecule has 0 saturated carbocycles. The molecule has 0 bridgehead atoms. The van der Waals surface area contributed by atoms with Crippen molar-refractivity contribution in [1.82, 2.24) is 19.9 Å². The quantitative estimate of drug-likeness (QED) is 0.499. The number of hydrogen-bond acceptors (Lipinski definition) is 7. The van der Waals surface area contributed by atoms with Gasteiger partial charge < -0.3 is 19.3 Å². The van der Waals surface area contributed by atoms with Crippen LogP contribution in [0.15, 0.2) is 53.2 Å². The molecule has 2 unspecified atom stereocenters. The van der Waals surface area contributed by atoms with Crippen molar-refractivity contribution in [3.63, 3.8) is 0 Å². The minimum absolute atomic E-state index is 0.0788. The topological polar surface area (TPSA) is 113 Å². The predicted molar refractivity (Wildman–Crippen MR) is 122 cm³/mol. The molecular formula is C24H23N5O4. The van der Waals surface area contributed by atoms with E-state index in [1.807, 2.05) is 24.3 Å². The summed E-state index contributed by atoms with van der Waals surface area (Å²) in [6, 6.07) is 10.0. The summed E-state index contributed by atoms with van der Waals surface area (Å²) in [5.41, 5.74) is 2.64. The van der Waals surface area contributed by atoms with Crippen LogP contribution in [0, 0.1) is 6.92 Å². The van der Waals surface area contributed by atoms with Gasteiger partial charge in [-0.25, -0.2) is 14.8 Å². The Kier molecular flexibility index (Phi) is 5.16. The van der Waals surface area contributed by atoms with E-state index in [1.165, 1.54) is 0 Å². The average Bonchev–Trinajstić information content (AvgIpc) is 3.41. The maximum Gasteiger partial charge on any atom is 0.326 e. The number of para-hydroxylation sites is 1. The van der Waals surface area contributed by atoms with E-state index in [2.05, 4.69) is 15.0 Å². The van der Waals surface area contributed by atoms with Gasteiger partial charge in [0.15, 0.2) is 11.4 Å². The zero-order chi connectivity index (χ0) is 23.1. The van der Waals surface area contributed by atoms with Crippen molar-refractivity contribution in [3.8, 4) is 0 Å². The predicted octanol–water partition coefficient (Wildman–Crippen LogP) is 2.81. The van der Waals surface area contributed by atoms with E-state index in [0.29, 0.717) is 41.3 Å². The molecule has 168 valence electrons. The number of likely N-dealkylation sites (N-methyl/N-ethyl adjacent to an activating group) is 1. The number of furan rings is 1. The van der Waals surface area contributed by atoms with Gasteiger partial charge in [-0.15, -0.1) is 0 Å². The van der Waals surface area contributed by atoms with Crippen LogP contribution in [0.25, 0.3) is 22.1 Å². The minimum atomic E-state index is -0.965. The van der Waals surface area contributed by atoms with Crippen LogP contribution in [0.5, 0.6) is 0 Å². The van der Waals surface area contributed by atoms with Gasteiger partial charge in [0.2, 0.25) is 5.91 Å². The third kappa shape index (κ3) is 3.75. The highest BCUT2D eigenvalue weighted by Gasteiger charge is 2.41. The summed E-state index contributed by atoms with van der Waals surface area (Å²) in [5.74, 6) is -0.0738. The summed E-state index contributed by atoms with van der Waals surface area (Å²) in [6.07, 6.45) is 3.82. The molecule has 1 fully saturated rings. The van der Waals surface area contributed by atoms with E-state index < -0.39 is 12.0 Å². The monoisotopic (exact) mass is 445 g/mol. The Labute approximate surface area is 189 Å². The van der Waals surface area contributed by atoms with Crippen molar-refractivity contribution in [2.75, 3.05) is 18.5 Å². The smallest absolute Gasteiger partial charge is 0.326 e. The van der Waals surface area contributed by atoms with Crippen LogP contribution >= 0.6 is 0 Å². The number of carboxylic acids is 1. The van der Waals surface area contributed by atoms with Gasteiger partial charge in [-0.2, -0.15) is 0 Å². The van der Waals surface area contributed by atoms with Crippen LogP contribution in [0.1, 0.15) is 17.8 Å². The van der Waals surface area contributed by atoms with Crippen LogP contribution in [-0.2, 0) is 16.0 Å². The fourth-order valence-corrected chi connectivity index (χ4v) is 4.45. The standard InChI is InChI=1S/C24H23N5O4/c1-14-26-21-17-5-3-4-6-19(17)33-22(21)23(27-14)29-13-16(12-18(29)24(31)32)28(2)20(30)11-15-7-9-25-10-8-15/h3-10,16,18H,11-13H2,1-2H3,(H,31,32). The lowest BCUT2D eigenvalue weighted by Gasteiger charge is -2.25. The first-order chi connectivity index (χ1) is 15.9. The Morgan fingerprint density at radius 3 is 2.70 bits per heavy atom. The number of aromatic nitrogens is 3. The number of aryl methyl sites for hydroxylation is 1. The fraction of sp³-hybridized carbons (Fsp3) is 0.292. The van der Waals surface area contributed by atoms with Crippen LogP contribution in [0.4, 0.5) is 5.82 Å². The number of nitrogens with zero attached hydrogens (tertiary/aromatic N) is 5. The van der Waals surface area contributed by atoms with Crippen LogP contribution in [0.2, 0.25) is 0 Å². The first-order valence-electron chi connectivity index (χ1n) is 10.7. The first kappa shape index (κ1) is 20.9. The molecule has 1 aromatic carbocycles. The lowest BCUT2D eigenvalue weighted by Crippen LogP contribution is -2.40. The molecule has 4 heterocycles. The van der Waals surface area contributed by atoms with Crippen molar-refractivity contribution in [2.24, 2.45) is 0 Å². The number of hydrogen-bond donors (Lipinski definition) is 1. The molecule has 1 N–H and O–H groups in total. The molecule has 0 aliphatic carbocycles. The van der Waals surface area contributed by atoms with Gasteiger partial charge in [0.25, 0.3) is 0 Å². The number of rotatable bonds is 5. The second-order valence-corrected chi connectivity index (χ2v) is 8.30. The lowest BCUT2D eigenvalue weighted by atomic mass is 10.1. The number of amides is 1. The Morgan fingerprint density at radius 1 is 1.18 bits per heavy atom. The zero-order valence-electron chi connectivity index (χ0n) is 18.3. The number of carbonyl (C=O) groups excluding carboxylic acids is 1. The number of carbonyl (C=O) groups is 2. The molecule has 1 aliphatic heterocycles. The van der Waals surface area contributed by atoms with Crippen molar-refractivity contribution in [2.45, 2.75) is 31.8 Å². The molecule has 33 heavy (non-hydrogen) atoms. The van der Waals surface area contributed by atoms with Crippen LogP contribution < -0.4 is 4.90 Å². The second-order valence-electron chi connectivity index (χ2n) is 8.30. The summed E-state index contributed by atoms with van der Waals surface area (Å²) in [6.45, 7) is 2.11.